The predicted octanol–water partition coefficient (Wildman–Crippen LogP) is 7.57. The van der Waals surface area contributed by atoms with Gasteiger partial charge in [-0.15, -0.1) is 0 Å². The Morgan fingerprint density at radius 3 is 2.76 bits per heavy atom. The van der Waals surface area contributed by atoms with E-state index in [0.29, 0.717) is 47.4 Å². The average Bonchev–Trinajstić information content (AvgIpc) is 3.47. The van der Waals surface area contributed by atoms with Crippen LogP contribution in [0.25, 0.3) is 11.0 Å². The minimum Gasteiger partial charge on any atom is -0.491 e. The van der Waals surface area contributed by atoms with Crippen LogP contribution in [0, 0.1) is 17.8 Å². The fourth-order valence-corrected chi connectivity index (χ4v) is 9.82. The number of aliphatic imine (C=N–C) groups is 1. The average molecular weight is 732 g/mol. The first-order chi connectivity index (χ1) is 24.7. The van der Waals surface area contributed by atoms with Crippen LogP contribution in [0.1, 0.15) is 73.4 Å². The number of aryl methyl sites for hydroxylation is 2. The molecule has 11 nitrogen and oxygen atoms in total. The van der Waals surface area contributed by atoms with Crippen LogP contribution >= 0.6 is 11.6 Å². The second kappa shape index (κ2) is 15.4. The molecule has 2 aromatic heterocycles. The van der Waals surface area contributed by atoms with Crippen molar-refractivity contribution in [2.75, 3.05) is 30.9 Å². The van der Waals surface area contributed by atoms with Gasteiger partial charge >= 0.3 is 0 Å². The fourth-order valence-electron chi connectivity index (χ4n) is 7.78. The molecular weight excluding hydrogens is 686 g/mol. The molecule has 51 heavy (non-hydrogen) atoms. The number of rotatable bonds is 3. The number of carbonyl (C=O) groups excluding carboxylic acids is 1. The molecule has 2 aliphatic heterocycles. The van der Waals surface area contributed by atoms with Crippen molar-refractivity contribution in [1.29, 1.82) is 0 Å². The minimum atomic E-state index is -3.25. The van der Waals surface area contributed by atoms with Crippen LogP contribution < -0.4 is 9.64 Å². The van der Waals surface area contributed by atoms with E-state index in [4.69, 9.17) is 21.1 Å². The van der Waals surface area contributed by atoms with E-state index >= 15 is 0 Å². The Morgan fingerprint density at radius 2 is 1.94 bits per heavy atom. The van der Waals surface area contributed by atoms with E-state index in [2.05, 4.69) is 48.4 Å². The summed E-state index contributed by atoms with van der Waals surface area (Å²) in [6, 6.07) is 11.6. The Hall–Kier alpha value is -3.87. The molecule has 5 atom stereocenters. The molecule has 3 aliphatic rings. The molecule has 1 unspecified atom stereocenters. The number of aromatic nitrogens is 4. The maximum Gasteiger partial charge on any atom is 0.285 e. The van der Waals surface area contributed by atoms with Crippen molar-refractivity contribution in [1.82, 2.24) is 19.7 Å². The van der Waals surface area contributed by atoms with Gasteiger partial charge in [0, 0.05) is 49.8 Å². The molecule has 2 aromatic carbocycles. The molecule has 0 radical (unpaired) electrons. The molecule has 1 saturated carbocycles. The standard InChI is InChI=1S/C38H46ClN7O4S/c1-25-7-6-9-34(49-3)31-14-11-29(31)20-46-19-28-10-13-30(39)17-26(28)8-4-5-16-50-35-15-12-27(18-33(35)46)38(47)44-51(48,22-25)24-42-36-32-21-45(2)43-37(32)41-23-40-36/h10,12-13,15,17-18,21,23-25,29,31,34H,4-9,11,14,16,19-20,22H2,1-3H3/b42-24+/t25-,29-,31+,34-,51?/m0/s1. The molecular formula is C38H46ClN7O4S. The van der Waals surface area contributed by atoms with Crippen LogP contribution in [0.15, 0.2) is 58.3 Å². The topological polar surface area (TPSA) is 124 Å². The van der Waals surface area contributed by atoms with Crippen LogP contribution in [-0.4, -0.2) is 67.5 Å². The Balaban J connectivity index is 1.32. The van der Waals surface area contributed by atoms with Crippen LogP contribution in [-0.2, 0) is 34.5 Å². The van der Waals surface area contributed by atoms with E-state index in [1.807, 2.05) is 25.3 Å². The molecule has 1 amide bonds. The van der Waals surface area contributed by atoms with Crippen LogP contribution in [0.5, 0.6) is 5.75 Å². The third kappa shape index (κ3) is 8.13. The van der Waals surface area contributed by atoms with Crippen LogP contribution in [0.4, 0.5) is 11.5 Å². The molecule has 4 heterocycles. The summed E-state index contributed by atoms with van der Waals surface area (Å²) in [5.41, 5.74) is 5.43. The first-order valence-electron chi connectivity index (χ1n) is 18.0. The number of nitrogens with zero attached hydrogens (tertiary/aromatic N) is 7. The number of carbonyl (C=O) groups is 1. The highest BCUT2D eigenvalue weighted by molar-refractivity contribution is 8.06. The fraction of sp³-hybridized carbons (Fsp3) is 0.500. The third-order valence-electron chi connectivity index (χ3n) is 10.6. The Morgan fingerprint density at radius 1 is 1.06 bits per heavy atom. The first kappa shape index (κ1) is 35.5. The number of hydrogen-bond acceptors (Lipinski definition) is 9. The highest BCUT2D eigenvalue weighted by atomic mass is 35.5. The third-order valence-corrected chi connectivity index (χ3v) is 12.8. The van der Waals surface area contributed by atoms with Gasteiger partial charge in [0.05, 0.1) is 33.5 Å². The Bertz CT molecular complexity index is 2060. The lowest BCUT2D eigenvalue weighted by atomic mass is 9.69. The quantitative estimate of drug-likeness (QED) is 0.156. The first-order valence-corrected chi connectivity index (χ1v) is 20.1. The number of halogens is 1. The molecule has 1 aliphatic carbocycles. The second-order valence-corrected chi connectivity index (χ2v) is 16.9. The summed E-state index contributed by atoms with van der Waals surface area (Å²) >= 11 is 6.48. The number of amides is 1. The van der Waals surface area contributed by atoms with Crippen molar-refractivity contribution in [2.24, 2.45) is 34.2 Å². The van der Waals surface area contributed by atoms with Gasteiger partial charge in [0.25, 0.3) is 5.91 Å². The van der Waals surface area contributed by atoms with Gasteiger partial charge in [-0.05, 0) is 104 Å². The number of benzene rings is 2. The van der Waals surface area contributed by atoms with Crippen LogP contribution in [0.3, 0.4) is 0 Å². The van der Waals surface area contributed by atoms with Gasteiger partial charge in [-0.1, -0.05) is 31.0 Å². The van der Waals surface area contributed by atoms with Gasteiger partial charge in [-0.2, -0.15) is 9.46 Å². The van der Waals surface area contributed by atoms with Crippen molar-refractivity contribution in [2.45, 2.75) is 70.9 Å². The summed E-state index contributed by atoms with van der Waals surface area (Å²) in [6.45, 7) is 4.05. The maximum absolute atomic E-state index is 14.7. The zero-order valence-corrected chi connectivity index (χ0v) is 31.1. The lowest BCUT2D eigenvalue weighted by Crippen LogP contribution is -2.44. The zero-order valence-electron chi connectivity index (χ0n) is 29.5. The molecule has 2 bridgehead atoms. The normalized spacial score (nSPS) is 26.4. The van der Waals surface area contributed by atoms with E-state index in [-0.39, 0.29) is 17.8 Å². The number of fused-ring (bicyclic) bond motifs is 4. The van der Waals surface area contributed by atoms with Gasteiger partial charge in [-0.3, -0.25) is 9.48 Å². The van der Waals surface area contributed by atoms with Crippen molar-refractivity contribution >= 4 is 55.3 Å². The van der Waals surface area contributed by atoms with Gasteiger partial charge in [-0.25, -0.2) is 19.2 Å². The summed E-state index contributed by atoms with van der Waals surface area (Å²) in [7, 11) is 0.364. The molecule has 4 aromatic rings. The van der Waals surface area contributed by atoms with Gasteiger partial charge in [0.2, 0.25) is 0 Å². The molecule has 7 rings (SSSR count). The van der Waals surface area contributed by atoms with Crippen molar-refractivity contribution < 1.29 is 18.5 Å². The molecule has 1 fully saturated rings. The van der Waals surface area contributed by atoms with Crippen LogP contribution in [0.2, 0.25) is 5.02 Å². The molecule has 0 spiro atoms. The monoisotopic (exact) mass is 731 g/mol. The smallest absolute Gasteiger partial charge is 0.285 e. The molecule has 0 saturated heterocycles. The van der Waals surface area contributed by atoms with E-state index in [0.717, 1.165) is 74.4 Å². The summed E-state index contributed by atoms with van der Waals surface area (Å²) in [4.78, 5) is 29.5. The lowest BCUT2D eigenvalue weighted by molar-refractivity contribution is -0.0222. The Kier molecular flexibility index (Phi) is 10.7. The summed E-state index contributed by atoms with van der Waals surface area (Å²) in [5.74, 6) is 1.58. The van der Waals surface area contributed by atoms with Gasteiger partial charge in [0.15, 0.2) is 11.5 Å². The SMILES string of the molecule is CO[C@H]1CCC[C@H](C)CS(=O)(/C=N/c2ncnc3nn(C)cc23)=NC(=O)c2ccc3c(c2)N(Cc2ccc(Cl)cc2CCCCO3)C[C@@H]2CC[C@H]21. The zero-order chi connectivity index (χ0) is 35.5. The van der Waals surface area contributed by atoms with E-state index < -0.39 is 15.6 Å². The molecule has 0 N–H and O–H groups in total. The maximum atomic E-state index is 14.7. The highest BCUT2D eigenvalue weighted by Crippen LogP contribution is 2.43. The predicted molar refractivity (Wildman–Crippen MR) is 202 cm³/mol. The van der Waals surface area contributed by atoms with Gasteiger partial charge < -0.3 is 14.4 Å². The van der Waals surface area contributed by atoms with Crippen molar-refractivity contribution in [3.63, 3.8) is 0 Å². The van der Waals surface area contributed by atoms with E-state index in [1.165, 1.54) is 23.0 Å². The number of methoxy groups -OCH3 is 1. The number of ether oxygens (including phenoxy) is 2. The largest absolute Gasteiger partial charge is 0.491 e. The summed E-state index contributed by atoms with van der Waals surface area (Å²) < 4.78 is 33.3. The Labute approximate surface area is 305 Å². The van der Waals surface area contributed by atoms with Crippen molar-refractivity contribution in [3.05, 3.63) is 70.6 Å². The summed E-state index contributed by atoms with van der Waals surface area (Å²) in [6.07, 6.45) is 11.0. The van der Waals surface area contributed by atoms with E-state index in [1.54, 1.807) is 24.0 Å². The minimum absolute atomic E-state index is 0.0248. The van der Waals surface area contributed by atoms with E-state index in [9.17, 15) is 9.00 Å². The molecule has 13 heteroatoms. The number of hydrogen-bond donors (Lipinski definition) is 0. The molecule has 270 valence electrons. The lowest BCUT2D eigenvalue weighted by Gasteiger charge is -2.44. The van der Waals surface area contributed by atoms with Gasteiger partial charge in [0.1, 0.15) is 17.6 Å². The van der Waals surface area contributed by atoms with Crippen molar-refractivity contribution in [3.8, 4) is 5.75 Å². The summed E-state index contributed by atoms with van der Waals surface area (Å²) in [5, 5.41) is 5.69. The highest BCUT2D eigenvalue weighted by Gasteiger charge is 2.38. The second-order valence-electron chi connectivity index (χ2n) is 14.3. The number of anilines is 1.